The van der Waals surface area contributed by atoms with Crippen LogP contribution in [0.4, 0.5) is 11.4 Å². The van der Waals surface area contributed by atoms with Gasteiger partial charge in [-0.3, -0.25) is 0 Å². The number of nitrogens with two attached hydrogens (primary N) is 1. The smallest absolute Gasteiger partial charge is 0.337 e. The number of anilines is 2. The second kappa shape index (κ2) is 5.03. The normalized spacial score (nSPS) is 16.7. The molecule has 0 spiro atoms. The molecule has 0 aromatic heterocycles. The van der Waals surface area contributed by atoms with Crippen LogP contribution in [0.25, 0.3) is 0 Å². The third-order valence-electron chi connectivity index (χ3n) is 2.58. The lowest BCUT2D eigenvalue weighted by Gasteiger charge is -2.28. The number of hydrogen-bond donors (Lipinski definition) is 3. The van der Waals surface area contributed by atoms with Crippen molar-refractivity contribution in [1.82, 2.24) is 5.01 Å². The van der Waals surface area contributed by atoms with E-state index in [2.05, 4.69) is 5.43 Å². The lowest BCUT2D eigenvalue weighted by molar-refractivity contribution is 0.0496. The minimum absolute atomic E-state index is 0.114. The average Bonchev–Trinajstić information content (AvgIpc) is 2.32. The zero-order valence-electron chi connectivity index (χ0n) is 9.35. The van der Waals surface area contributed by atoms with Crippen LogP contribution in [0.2, 0.25) is 0 Å². The van der Waals surface area contributed by atoms with Crippen LogP contribution in [-0.4, -0.2) is 42.4 Å². The predicted molar refractivity (Wildman–Crippen MR) is 63.8 cm³/mol. The fourth-order valence-electron chi connectivity index (χ4n) is 1.67. The van der Waals surface area contributed by atoms with Gasteiger partial charge in [0.25, 0.3) is 0 Å². The second-order valence-corrected chi connectivity index (χ2v) is 3.82. The van der Waals surface area contributed by atoms with E-state index in [1.165, 1.54) is 6.07 Å². The summed E-state index contributed by atoms with van der Waals surface area (Å²) < 4.78 is 5.22. The molecule has 0 amide bonds. The van der Waals surface area contributed by atoms with E-state index in [1.807, 2.05) is 5.01 Å². The van der Waals surface area contributed by atoms with Crippen LogP contribution in [0.15, 0.2) is 18.2 Å². The molecule has 2 rings (SSSR count). The van der Waals surface area contributed by atoms with Gasteiger partial charge in [0.1, 0.15) is 0 Å². The summed E-state index contributed by atoms with van der Waals surface area (Å²) in [5.41, 5.74) is 9.82. The van der Waals surface area contributed by atoms with Gasteiger partial charge in [0.2, 0.25) is 0 Å². The summed E-state index contributed by atoms with van der Waals surface area (Å²) >= 11 is 0. The summed E-state index contributed by atoms with van der Waals surface area (Å²) in [5.74, 6) is -1.02. The van der Waals surface area contributed by atoms with Crippen molar-refractivity contribution in [1.29, 1.82) is 0 Å². The zero-order chi connectivity index (χ0) is 12.3. The Morgan fingerprint density at radius 3 is 2.76 bits per heavy atom. The Bertz CT molecular complexity index is 416. The number of carboxylic acid groups (broad SMARTS) is 1. The topological polar surface area (TPSA) is 87.8 Å². The Labute approximate surface area is 98.9 Å². The SMILES string of the molecule is Nc1ccc(NN2CCOCC2)cc1C(=O)O. The molecule has 0 saturated carbocycles. The lowest BCUT2D eigenvalue weighted by atomic mass is 10.1. The molecule has 1 aliphatic rings. The number of nitrogens with one attached hydrogen (secondary N) is 1. The molecule has 0 unspecified atom stereocenters. The Morgan fingerprint density at radius 2 is 2.12 bits per heavy atom. The first kappa shape index (κ1) is 11.7. The largest absolute Gasteiger partial charge is 0.478 e. The number of morpholine rings is 1. The van der Waals surface area contributed by atoms with Gasteiger partial charge in [-0.25, -0.2) is 9.80 Å². The van der Waals surface area contributed by atoms with E-state index in [9.17, 15) is 4.79 Å². The maximum absolute atomic E-state index is 10.9. The Kier molecular flexibility index (Phi) is 3.46. The molecule has 6 heteroatoms. The summed E-state index contributed by atoms with van der Waals surface area (Å²) in [6, 6.07) is 4.89. The van der Waals surface area contributed by atoms with E-state index in [1.54, 1.807) is 12.1 Å². The lowest BCUT2D eigenvalue weighted by Crippen LogP contribution is -2.40. The highest BCUT2D eigenvalue weighted by Crippen LogP contribution is 2.18. The van der Waals surface area contributed by atoms with E-state index in [0.717, 1.165) is 18.8 Å². The van der Waals surface area contributed by atoms with Gasteiger partial charge in [-0.05, 0) is 18.2 Å². The summed E-state index contributed by atoms with van der Waals surface area (Å²) in [7, 11) is 0. The van der Waals surface area contributed by atoms with Crippen LogP contribution in [0.5, 0.6) is 0 Å². The van der Waals surface area contributed by atoms with Gasteiger partial charge < -0.3 is 21.0 Å². The average molecular weight is 237 g/mol. The molecule has 4 N–H and O–H groups in total. The molecule has 1 aromatic rings. The van der Waals surface area contributed by atoms with Crippen molar-refractivity contribution >= 4 is 17.3 Å². The number of ether oxygens (including phenoxy) is 1. The van der Waals surface area contributed by atoms with Crippen molar-refractivity contribution in [3.8, 4) is 0 Å². The van der Waals surface area contributed by atoms with Crippen molar-refractivity contribution in [3.05, 3.63) is 23.8 Å². The van der Waals surface area contributed by atoms with Crippen molar-refractivity contribution in [3.63, 3.8) is 0 Å². The summed E-state index contributed by atoms with van der Waals surface area (Å²) in [5, 5.41) is 10.9. The van der Waals surface area contributed by atoms with Crippen LogP contribution in [0.3, 0.4) is 0 Å². The van der Waals surface area contributed by atoms with E-state index in [4.69, 9.17) is 15.6 Å². The van der Waals surface area contributed by atoms with Gasteiger partial charge in [-0.1, -0.05) is 0 Å². The molecule has 0 atom stereocenters. The Morgan fingerprint density at radius 1 is 1.41 bits per heavy atom. The number of nitrogens with zero attached hydrogens (tertiary/aromatic N) is 1. The Hall–Kier alpha value is -1.79. The number of benzene rings is 1. The third-order valence-corrected chi connectivity index (χ3v) is 2.58. The van der Waals surface area contributed by atoms with Gasteiger partial charge in [0, 0.05) is 24.5 Å². The van der Waals surface area contributed by atoms with E-state index >= 15 is 0 Å². The molecule has 92 valence electrons. The summed E-state index contributed by atoms with van der Waals surface area (Å²) in [6.45, 7) is 2.89. The number of aromatic carboxylic acids is 1. The number of rotatable bonds is 3. The van der Waals surface area contributed by atoms with Crippen LogP contribution in [-0.2, 0) is 4.74 Å². The molecule has 17 heavy (non-hydrogen) atoms. The molecule has 1 heterocycles. The minimum atomic E-state index is -1.02. The highest BCUT2D eigenvalue weighted by atomic mass is 16.5. The highest BCUT2D eigenvalue weighted by molar-refractivity contribution is 5.94. The van der Waals surface area contributed by atoms with E-state index < -0.39 is 5.97 Å². The molecule has 1 fully saturated rings. The molecular formula is C11H15N3O3. The fraction of sp³-hybridized carbons (Fsp3) is 0.364. The van der Waals surface area contributed by atoms with Gasteiger partial charge in [0.15, 0.2) is 0 Å². The number of hydrogen-bond acceptors (Lipinski definition) is 5. The van der Waals surface area contributed by atoms with Crippen molar-refractivity contribution in [2.24, 2.45) is 0 Å². The molecule has 1 aliphatic heterocycles. The van der Waals surface area contributed by atoms with Gasteiger partial charge in [0.05, 0.1) is 18.8 Å². The van der Waals surface area contributed by atoms with E-state index in [0.29, 0.717) is 13.2 Å². The van der Waals surface area contributed by atoms with Crippen molar-refractivity contribution < 1.29 is 14.6 Å². The second-order valence-electron chi connectivity index (χ2n) is 3.82. The third kappa shape index (κ3) is 2.86. The van der Waals surface area contributed by atoms with E-state index in [-0.39, 0.29) is 11.3 Å². The van der Waals surface area contributed by atoms with Crippen molar-refractivity contribution in [2.75, 3.05) is 37.5 Å². The first-order chi connectivity index (χ1) is 8.16. The maximum atomic E-state index is 10.9. The van der Waals surface area contributed by atoms with Crippen LogP contribution < -0.4 is 11.2 Å². The van der Waals surface area contributed by atoms with Gasteiger partial charge in [-0.2, -0.15) is 0 Å². The minimum Gasteiger partial charge on any atom is -0.478 e. The predicted octanol–water partition coefficient (Wildman–Crippen LogP) is 0.626. The molecule has 1 saturated heterocycles. The highest BCUT2D eigenvalue weighted by Gasteiger charge is 2.12. The number of nitrogen functional groups attached to an aromatic ring is 1. The van der Waals surface area contributed by atoms with Crippen LogP contribution in [0, 0.1) is 0 Å². The van der Waals surface area contributed by atoms with Crippen LogP contribution in [0.1, 0.15) is 10.4 Å². The fourth-order valence-corrected chi connectivity index (χ4v) is 1.67. The number of carboxylic acids is 1. The molecule has 6 nitrogen and oxygen atoms in total. The summed E-state index contributed by atoms with van der Waals surface area (Å²) in [6.07, 6.45) is 0. The first-order valence-electron chi connectivity index (χ1n) is 5.39. The zero-order valence-corrected chi connectivity index (χ0v) is 9.35. The quantitative estimate of drug-likeness (QED) is 0.668. The van der Waals surface area contributed by atoms with Gasteiger partial charge >= 0.3 is 5.97 Å². The molecule has 1 aromatic carbocycles. The molecule has 0 bridgehead atoms. The molecular weight excluding hydrogens is 222 g/mol. The standard InChI is InChI=1S/C11H15N3O3/c12-10-2-1-8(7-9(10)11(15)16)13-14-3-5-17-6-4-14/h1-2,7,13H,3-6,12H2,(H,15,16). The maximum Gasteiger partial charge on any atom is 0.337 e. The number of carbonyl (C=O) groups is 1. The monoisotopic (exact) mass is 237 g/mol. The molecule has 0 radical (unpaired) electrons. The van der Waals surface area contributed by atoms with Crippen LogP contribution >= 0.6 is 0 Å². The molecule has 0 aliphatic carbocycles. The summed E-state index contributed by atoms with van der Waals surface area (Å²) in [4.78, 5) is 10.9. The van der Waals surface area contributed by atoms with Gasteiger partial charge in [-0.15, -0.1) is 0 Å². The first-order valence-corrected chi connectivity index (χ1v) is 5.39. The Balaban J connectivity index is 2.10. The van der Waals surface area contributed by atoms with Crippen molar-refractivity contribution in [2.45, 2.75) is 0 Å². The number of hydrazine groups is 1.